The van der Waals surface area contributed by atoms with Crippen LogP contribution in [0.5, 0.6) is 0 Å². The molecule has 3 amide bonds. The minimum absolute atomic E-state index is 0. The number of aldehydes is 1. The van der Waals surface area contributed by atoms with Gasteiger partial charge in [0.1, 0.15) is 18.4 Å². The zero-order valence-corrected chi connectivity index (χ0v) is 17.6. The molecule has 0 fully saturated rings. The highest BCUT2D eigenvalue weighted by Crippen LogP contribution is 2.05. The molecule has 0 aromatic heterocycles. The lowest BCUT2D eigenvalue weighted by Crippen LogP contribution is -3.00. The molecule has 0 unspecified atom stereocenters. The summed E-state index contributed by atoms with van der Waals surface area (Å²) in [5, 5.41) is 7.73. The van der Waals surface area contributed by atoms with Gasteiger partial charge in [-0.25, -0.2) is 0 Å². The molecule has 8 N–H and O–H groups in total. The molecule has 0 bridgehead atoms. The van der Waals surface area contributed by atoms with Gasteiger partial charge in [-0.15, -0.1) is 0 Å². The number of nitrogens with two attached hydrogens (primary N) is 2. The quantitative estimate of drug-likeness (QED) is 0.0601. The Hall–Kier alpha value is -2.36. The second-order valence-electron chi connectivity index (χ2n) is 6.89. The van der Waals surface area contributed by atoms with E-state index in [1.807, 2.05) is 13.8 Å². The first-order valence-corrected chi connectivity index (χ1v) is 9.01. The Kier molecular flexibility index (Phi) is 14.6. The Morgan fingerprint density at radius 3 is 2.11 bits per heavy atom. The predicted molar refractivity (Wildman–Crippen MR) is 101 cm³/mol. The Morgan fingerprint density at radius 2 is 1.64 bits per heavy atom. The monoisotopic (exact) mass is 421 g/mol. The molecule has 28 heavy (non-hydrogen) atoms. The Balaban J connectivity index is 0. The molecule has 11 heteroatoms. The topological polar surface area (TPSA) is 170 Å². The van der Waals surface area contributed by atoms with Gasteiger partial charge in [-0.05, 0) is 32.1 Å². The van der Waals surface area contributed by atoms with E-state index in [-0.39, 0.29) is 30.2 Å². The van der Waals surface area contributed by atoms with Gasteiger partial charge in [0.2, 0.25) is 17.7 Å². The van der Waals surface area contributed by atoms with Gasteiger partial charge in [-0.1, -0.05) is 13.8 Å². The lowest BCUT2D eigenvalue weighted by atomic mass is 10.0. The van der Waals surface area contributed by atoms with E-state index < -0.39 is 29.9 Å². The zero-order chi connectivity index (χ0) is 21.0. The summed E-state index contributed by atoms with van der Waals surface area (Å²) in [6, 6.07) is -2.25. The predicted octanol–water partition coefficient (Wildman–Crippen LogP) is -6.14. The van der Waals surface area contributed by atoms with E-state index in [0.29, 0.717) is 32.1 Å². The van der Waals surface area contributed by atoms with E-state index in [1.165, 1.54) is 13.8 Å². The third-order valence-electron chi connectivity index (χ3n) is 3.67. The highest BCUT2D eigenvalue weighted by atomic mass is 35.5. The molecule has 0 aromatic carbocycles. The minimum Gasteiger partial charge on any atom is -1.00 e. The van der Waals surface area contributed by atoms with Crippen LogP contribution >= 0.6 is 0 Å². The maximum atomic E-state index is 12.3. The summed E-state index contributed by atoms with van der Waals surface area (Å²) in [7, 11) is 0. The van der Waals surface area contributed by atoms with Crippen LogP contribution in [0, 0.1) is 5.92 Å². The van der Waals surface area contributed by atoms with Crippen molar-refractivity contribution in [1.29, 1.82) is 0 Å². The number of rotatable bonds is 12. The average molecular weight is 422 g/mol. The standard InChI is InChI=1S/C17H32N6O4.ClH/c1-10(2)8-14(22-12(4)25)16(27)21-11(3)15(26)23-13(9-24)6-5-7-20-17(18)19;/h9-11,13-14H,5-8H2,1-4H3,(H,21,27)(H,22,25)(H,23,26)(H4,18,19,20);1H/t11-,13-,14-;/m0./s1/i9+1;. The van der Waals surface area contributed by atoms with E-state index in [1.54, 1.807) is 0 Å². The first kappa shape index (κ1) is 27.9. The molecule has 0 aromatic rings. The maximum absolute atomic E-state index is 12.3. The number of hydrogen-bond acceptors (Lipinski definition) is 4. The van der Waals surface area contributed by atoms with Gasteiger partial charge in [-0.3, -0.25) is 30.8 Å². The fourth-order valence-corrected chi connectivity index (χ4v) is 2.36. The number of hydrogen-bond donors (Lipinski definition) is 6. The van der Waals surface area contributed by atoms with Crippen molar-refractivity contribution < 1.29 is 36.6 Å². The zero-order valence-electron chi connectivity index (χ0n) is 16.9. The minimum atomic E-state index is -0.852. The smallest absolute Gasteiger partial charge is 0.338 e. The number of guanidine groups is 1. The van der Waals surface area contributed by atoms with Crippen molar-refractivity contribution in [2.75, 3.05) is 6.54 Å². The van der Waals surface area contributed by atoms with Gasteiger partial charge >= 0.3 is 5.96 Å². The van der Waals surface area contributed by atoms with E-state index >= 15 is 0 Å². The molecule has 3 atom stereocenters. The molecule has 0 saturated heterocycles. The summed E-state index contributed by atoms with van der Waals surface area (Å²) >= 11 is 0. The van der Waals surface area contributed by atoms with Gasteiger partial charge in [0.25, 0.3) is 0 Å². The largest absolute Gasteiger partial charge is 1.00 e. The van der Waals surface area contributed by atoms with Crippen molar-refractivity contribution >= 4 is 30.0 Å². The number of carbonyl (C=O) groups excluding carboxylic acids is 4. The molecule has 0 radical (unpaired) electrons. The van der Waals surface area contributed by atoms with Crippen LogP contribution in [0.1, 0.15) is 47.0 Å². The Morgan fingerprint density at radius 1 is 1.04 bits per heavy atom. The van der Waals surface area contributed by atoms with Gasteiger partial charge in [-0.2, -0.15) is 0 Å². The van der Waals surface area contributed by atoms with Crippen molar-refractivity contribution in [2.24, 2.45) is 17.4 Å². The fourth-order valence-electron chi connectivity index (χ4n) is 2.36. The van der Waals surface area contributed by atoms with E-state index in [2.05, 4.69) is 20.9 Å². The van der Waals surface area contributed by atoms with Crippen molar-refractivity contribution in [3.05, 3.63) is 0 Å². The SMILES string of the molecule is CC(=O)N[C@@H](CC(C)C)C(=O)N[C@@H](C)C(=O)N[C@@H](CCC[NH+]=C(N)N)[13CH]=O.[Cl-]. The second-order valence-corrected chi connectivity index (χ2v) is 6.89. The third kappa shape index (κ3) is 12.9. The van der Waals surface area contributed by atoms with Gasteiger partial charge in [0.15, 0.2) is 0 Å². The van der Waals surface area contributed by atoms with E-state index in [4.69, 9.17) is 11.5 Å². The van der Waals surface area contributed by atoms with Crippen LogP contribution in [0.3, 0.4) is 0 Å². The summed E-state index contributed by atoms with van der Waals surface area (Å²) in [6.07, 6.45) is 2.06. The third-order valence-corrected chi connectivity index (χ3v) is 3.67. The van der Waals surface area contributed by atoms with Crippen LogP contribution in [0.15, 0.2) is 0 Å². The van der Waals surface area contributed by atoms with Crippen LogP contribution in [0.25, 0.3) is 0 Å². The summed E-state index contributed by atoms with van der Waals surface area (Å²) in [4.78, 5) is 49.7. The molecule has 0 spiro atoms. The van der Waals surface area contributed by atoms with E-state index in [0.717, 1.165) is 0 Å². The average Bonchev–Trinajstić information content (AvgIpc) is 2.55. The van der Waals surface area contributed by atoms with E-state index in [9.17, 15) is 19.2 Å². The normalized spacial score (nSPS) is 13.3. The summed E-state index contributed by atoms with van der Waals surface area (Å²) in [6.45, 7) is 7.18. The Labute approximate surface area is 172 Å². The van der Waals surface area contributed by atoms with Gasteiger partial charge in [0.05, 0.1) is 12.6 Å². The molecule has 0 heterocycles. The summed E-state index contributed by atoms with van der Waals surface area (Å²) in [5.41, 5.74) is 10.5. The first-order chi connectivity index (χ1) is 12.6. The molecule has 162 valence electrons. The number of carbonyl (C=O) groups is 4. The highest BCUT2D eigenvalue weighted by Gasteiger charge is 2.25. The lowest BCUT2D eigenvalue weighted by Gasteiger charge is -2.22. The number of amides is 3. The summed E-state index contributed by atoms with van der Waals surface area (Å²) in [5.74, 6) is -0.970. The molecule has 10 nitrogen and oxygen atoms in total. The number of halogens is 1. The van der Waals surface area contributed by atoms with Crippen LogP contribution < -0.4 is 44.8 Å². The van der Waals surface area contributed by atoms with Crippen LogP contribution in [0.4, 0.5) is 0 Å². The number of nitrogens with one attached hydrogen (secondary N) is 4. The van der Waals surface area contributed by atoms with Crippen molar-refractivity contribution in [2.45, 2.75) is 65.1 Å². The van der Waals surface area contributed by atoms with Gasteiger partial charge < -0.3 is 33.2 Å². The van der Waals surface area contributed by atoms with Crippen molar-refractivity contribution in [3.8, 4) is 0 Å². The summed E-state index contributed by atoms with van der Waals surface area (Å²) < 4.78 is 0. The van der Waals surface area contributed by atoms with Crippen LogP contribution in [-0.4, -0.2) is 54.6 Å². The fraction of sp³-hybridized carbons (Fsp3) is 0.706. The van der Waals surface area contributed by atoms with Crippen LogP contribution in [0.2, 0.25) is 0 Å². The molecule has 0 rings (SSSR count). The maximum Gasteiger partial charge on any atom is 0.338 e. The van der Waals surface area contributed by atoms with Crippen LogP contribution in [-0.2, 0) is 19.2 Å². The lowest BCUT2D eigenvalue weighted by molar-refractivity contribution is -0.459. The highest BCUT2D eigenvalue weighted by molar-refractivity contribution is 5.92. The second kappa shape index (κ2) is 14.7. The first-order valence-electron chi connectivity index (χ1n) is 9.01. The van der Waals surface area contributed by atoms with Crippen molar-refractivity contribution in [3.63, 3.8) is 0 Å². The van der Waals surface area contributed by atoms with Gasteiger partial charge in [0, 0.05) is 6.92 Å². The molecule has 0 aliphatic carbocycles. The molecular weight excluding hydrogens is 389 g/mol. The molecular formula is C17H33ClN6O4. The Bertz CT molecular complexity index is 552. The molecule has 0 aliphatic heterocycles. The molecule has 0 aliphatic rings. The van der Waals surface area contributed by atoms with Crippen molar-refractivity contribution in [1.82, 2.24) is 16.0 Å². The molecule has 0 saturated carbocycles.